The Labute approximate surface area is 228 Å². The number of aromatic hydroxyl groups is 1. The highest BCUT2D eigenvalue weighted by Crippen LogP contribution is 2.34. The lowest BCUT2D eigenvalue weighted by atomic mass is 10.2. The molecule has 3 fully saturated rings. The van der Waals surface area contributed by atoms with E-state index in [0.717, 1.165) is 32.2 Å². The van der Waals surface area contributed by atoms with Crippen LogP contribution < -0.4 is 15.0 Å². The molecule has 0 spiro atoms. The summed E-state index contributed by atoms with van der Waals surface area (Å²) in [4.78, 5) is 32.9. The quantitative estimate of drug-likeness (QED) is 0.526. The highest BCUT2D eigenvalue weighted by atomic mass is 16.6. The first kappa shape index (κ1) is 26.7. The molecule has 3 atom stereocenters. The molecule has 0 radical (unpaired) electrons. The fraction of sp³-hybridized carbons (Fsp3) is 0.593. The molecule has 12 nitrogen and oxygen atoms in total. The third-order valence-corrected chi connectivity index (χ3v) is 7.42. The van der Waals surface area contributed by atoms with Gasteiger partial charge in [0.1, 0.15) is 18.0 Å². The minimum Gasteiger partial charge on any atom is -0.506 e. The monoisotopic (exact) mass is 536 g/mol. The van der Waals surface area contributed by atoms with E-state index >= 15 is 0 Å². The topological polar surface area (TPSA) is 140 Å². The molecule has 1 aromatic heterocycles. The van der Waals surface area contributed by atoms with Crippen LogP contribution in [0.1, 0.15) is 52.0 Å². The van der Waals surface area contributed by atoms with Crippen molar-refractivity contribution < 1.29 is 19.4 Å². The number of nitrogens with zero attached hydrogens (tertiary/aromatic N) is 7. The number of benzene rings is 1. The molecular formula is C27H36N8O4. The van der Waals surface area contributed by atoms with Gasteiger partial charge in [0.15, 0.2) is 0 Å². The summed E-state index contributed by atoms with van der Waals surface area (Å²) in [5.74, 6) is 0.572. The normalized spacial score (nSPS) is 23.0. The zero-order valence-corrected chi connectivity index (χ0v) is 22.9. The van der Waals surface area contributed by atoms with E-state index in [1.54, 1.807) is 12.1 Å². The summed E-state index contributed by atoms with van der Waals surface area (Å²) in [6.07, 6.45) is 3.66. The fourth-order valence-electron chi connectivity index (χ4n) is 5.47. The number of nitrogens with one attached hydrogen (secondary N) is 1. The molecule has 0 aliphatic carbocycles. The molecule has 5 rings (SSSR count). The number of likely N-dealkylation sites (N-methyl/N-ethyl adjacent to an activating group) is 1. The van der Waals surface area contributed by atoms with Gasteiger partial charge in [0.25, 0.3) is 0 Å². The maximum Gasteiger partial charge on any atom is 0.410 e. The van der Waals surface area contributed by atoms with Crippen molar-refractivity contribution in [2.24, 2.45) is 0 Å². The summed E-state index contributed by atoms with van der Waals surface area (Å²) in [5.41, 5.74) is 0.152. The van der Waals surface area contributed by atoms with Crippen LogP contribution in [0.25, 0.3) is 0 Å². The number of carbonyl (C=O) groups excluding carboxylic acids is 1. The molecule has 208 valence electrons. The lowest BCUT2D eigenvalue weighted by Gasteiger charge is -2.41. The maximum absolute atomic E-state index is 12.9. The Morgan fingerprint density at radius 3 is 2.54 bits per heavy atom. The van der Waals surface area contributed by atoms with Gasteiger partial charge in [-0.1, -0.05) is 0 Å². The first-order valence-electron chi connectivity index (χ1n) is 13.4. The van der Waals surface area contributed by atoms with E-state index < -0.39 is 5.60 Å². The van der Waals surface area contributed by atoms with Crippen molar-refractivity contribution in [3.63, 3.8) is 0 Å². The van der Waals surface area contributed by atoms with Crippen molar-refractivity contribution in [1.29, 1.82) is 5.26 Å². The van der Waals surface area contributed by atoms with E-state index in [4.69, 9.17) is 14.7 Å². The largest absolute Gasteiger partial charge is 0.506 e. The van der Waals surface area contributed by atoms with E-state index in [1.807, 2.05) is 31.7 Å². The minimum absolute atomic E-state index is 0.00847. The zero-order chi connectivity index (χ0) is 27.7. The van der Waals surface area contributed by atoms with Crippen LogP contribution in [0.4, 0.5) is 22.4 Å². The van der Waals surface area contributed by atoms with Gasteiger partial charge in [0.05, 0.1) is 29.4 Å². The van der Waals surface area contributed by atoms with Gasteiger partial charge in [-0.15, -0.1) is 0 Å². The van der Waals surface area contributed by atoms with Gasteiger partial charge in [-0.3, -0.25) is 4.90 Å². The van der Waals surface area contributed by atoms with Crippen LogP contribution in [0, 0.1) is 11.3 Å². The van der Waals surface area contributed by atoms with Crippen LogP contribution in [-0.4, -0.2) is 93.0 Å². The molecule has 12 heteroatoms. The molecule has 2 bridgehead atoms. The third kappa shape index (κ3) is 6.09. The predicted molar refractivity (Wildman–Crippen MR) is 144 cm³/mol. The number of fused-ring (bicyclic) bond motifs is 2. The molecule has 3 aliphatic rings. The highest BCUT2D eigenvalue weighted by molar-refractivity contribution is 5.70. The summed E-state index contributed by atoms with van der Waals surface area (Å²) in [7, 11) is 2.08. The molecule has 1 amide bonds. The summed E-state index contributed by atoms with van der Waals surface area (Å²) in [6.45, 7) is 8.24. The number of anilines is 3. The standard InChI is InChI=1S/C27H36N8O4/c1-27(2,3)39-26(37)35-18-8-9-19(35)15-34(14-18)24-30-23(29-21-10-7-17(13-28)12-22(21)36)31-25(32-24)38-16-20-6-5-11-33(20)4/h7,10,12,18-20,36H,5-6,8-9,11,14-16H2,1-4H3,(H,29,30,31,32)/t18-,19+,20-/m0/s1. The number of phenols is 1. The number of nitriles is 1. The van der Waals surface area contributed by atoms with Gasteiger partial charge in [0, 0.05) is 19.1 Å². The second kappa shape index (κ2) is 10.7. The molecule has 2 aromatic rings. The summed E-state index contributed by atoms with van der Waals surface area (Å²) in [6, 6.07) is 7.06. The Kier molecular flexibility index (Phi) is 7.36. The van der Waals surface area contributed by atoms with Gasteiger partial charge in [-0.25, -0.2) is 4.79 Å². The maximum atomic E-state index is 12.9. The van der Waals surface area contributed by atoms with Gasteiger partial charge in [-0.2, -0.15) is 20.2 Å². The molecule has 3 aliphatic heterocycles. The SMILES string of the molecule is CN1CCC[C@H]1COc1nc(Nc2ccc(C#N)cc2O)nc(N2C[C@H]3CC[C@@H](C2)N3C(=O)OC(C)(C)C)n1. The van der Waals surface area contributed by atoms with Crippen LogP contribution in [0.5, 0.6) is 11.8 Å². The van der Waals surface area contributed by atoms with Gasteiger partial charge < -0.3 is 29.7 Å². The molecule has 2 N–H and O–H groups in total. The zero-order valence-electron chi connectivity index (χ0n) is 22.9. The number of hydrogen-bond donors (Lipinski definition) is 2. The average molecular weight is 537 g/mol. The molecule has 39 heavy (non-hydrogen) atoms. The first-order valence-corrected chi connectivity index (χ1v) is 13.4. The number of ether oxygens (including phenoxy) is 2. The van der Waals surface area contributed by atoms with Gasteiger partial charge in [0.2, 0.25) is 11.9 Å². The number of likely N-dealkylation sites (tertiary alicyclic amines) is 1. The molecule has 3 saturated heterocycles. The number of rotatable bonds is 6. The van der Waals surface area contributed by atoms with Crippen LogP contribution >= 0.6 is 0 Å². The Hall–Kier alpha value is -3.85. The average Bonchev–Trinajstić information content (AvgIpc) is 3.41. The molecule has 0 unspecified atom stereocenters. The lowest BCUT2D eigenvalue weighted by Crippen LogP contribution is -2.57. The number of hydrogen-bond acceptors (Lipinski definition) is 11. The summed E-state index contributed by atoms with van der Waals surface area (Å²) < 4.78 is 11.7. The van der Waals surface area contributed by atoms with Crippen molar-refractivity contribution in [2.45, 2.75) is 70.2 Å². The molecule has 0 saturated carbocycles. The van der Waals surface area contributed by atoms with Crippen LogP contribution in [0.15, 0.2) is 18.2 Å². The van der Waals surface area contributed by atoms with Crippen LogP contribution in [-0.2, 0) is 4.74 Å². The Morgan fingerprint density at radius 2 is 1.92 bits per heavy atom. The van der Waals surface area contributed by atoms with Crippen LogP contribution in [0.2, 0.25) is 0 Å². The predicted octanol–water partition coefficient (Wildman–Crippen LogP) is 3.25. The first-order chi connectivity index (χ1) is 18.6. The molecule has 1 aromatic carbocycles. The smallest absolute Gasteiger partial charge is 0.410 e. The van der Waals surface area contributed by atoms with Crippen molar-refractivity contribution in [1.82, 2.24) is 24.8 Å². The summed E-state index contributed by atoms with van der Waals surface area (Å²) in [5, 5.41) is 22.6. The Morgan fingerprint density at radius 1 is 1.18 bits per heavy atom. The number of piperazine rings is 1. The van der Waals surface area contributed by atoms with E-state index in [0.29, 0.717) is 36.9 Å². The number of aromatic nitrogens is 3. The molecular weight excluding hydrogens is 500 g/mol. The van der Waals surface area contributed by atoms with E-state index in [2.05, 4.69) is 37.1 Å². The van der Waals surface area contributed by atoms with Crippen molar-refractivity contribution in [3.05, 3.63) is 23.8 Å². The Bertz CT molecular complexity index is 1250. The minimum atomic E-state index is -0.556. The van der Waals surface area contributed by atoms with E-state index in [-0.39, 0.29) is 41.9 Å². The van der Waals surface area contributed by atoms with Crippen LogP contribution in [0.3, 0.4) is 0 Å². The van der Waals surface area contributed by atoms with E-state index in [9.17, 15) is 9.90 Å². The molecule has 4 heterocycles. The second-order valence-corrected chi connectivity index (χ2v) is 11.5. The number of amides is 1. The lowest BCUT2D eigenvalue weighted by molar-refractivity contribution is 0.0122. The summed E-state index contributed by atoms with van der Waals surface area (Å²) >= 11 is 0. The van der Waals surface area contributed by atoms with Crippen molar-refractivity contribution >= 4 is 23.7 Å². The fourth-order valence-corrected chi connectivity index (χ4v) is 5.47. The second-order valence-electron chi connectivity index (χ2n) is 11.5. The number of carbonyl (C=O) groups is 1. The number of phenolic OH excluding ortho intramolecular Hbond substituents is 1. The Balaban J connectivity index is 1.38. The highest BCUT2D eigenvalue weighted by Gasteiger charge is 2.45. The third-order valence-electron chi connectivity index (χ3n) is 7.42. The van der Waals surface area contributed by atoms with Gasteiger partial charge in [-0.05, 0) is 78.2 Å². The van der Waals surface area contributed by atoms with Crippen molar-refractivity contribution in [2.75, 3.05) is 43.5 Å². The van der Waals surface area contributed by atoms with E-state index in [1.165, 1.54) is 6.07 Å². The van der Waals surface area contributed by atoms with Gasteiger partial charge >= 0.3 is 12.1 Å². The van der Waals surface area contributed by atoms with Crippen molar-refractivity contribution in [3.8, 4) is 17.8 Å².